The predicted octanol–water partition coefficient (Wildman–Crippen LogP) is 8.31. The zero-order chi connectivity index (χ0) is 22.8. The first-order chi connectivity index (χ1) is 16.1. The SMILES string of the molecule is Cc1c(-c2ccccc2)cccc1-n1cc2ccc(OCc3ccc(C(C)C)cc3)cc2c1. The largest absolute Gasteiger partial charge is 0.489 e. The van der Waals surface area contributed by atoms with Gasteiger partial charge in [0.1, 0.15) is 12.4 Å². The first kappa shape index (κ1) is 21.1. The molecule has 0 saturated heterocycles. The summed E-state index contributed by atoms with van der Waals surface area (Å²) in [6.07, 6.45) is 4.39. The van der Waals surface area contributed by atoms with Crippen LogP contribution < -0.4 is 4.74 Å². The Kier molecular flexibility index (Phi) is 5.75. The molecule has 0 aliphatic rings. The highest BCUT2D eigenvalue weighted by atomic mass is 16.5. The van der Waals surface area contributed by atoms with Crippen LogP contribution in [0.3, 0.4) is 0 Å². The van der Waals surface area contributed by atoms with Crippen LogP contribution in [0.15, 0.2) is 103 Å². The van der Waals surface area contributed by atoms with E-state index >= 15 is 0 Å². The molecule has 2 nitrogen and oxygen atoms in total. The molecule has 0 spiro atoms. The van der Waals surface area contributed by atoms with E-state index in [1.165, 1.54) is 44.3 Å². The number of nitrogens with zero attached hydrogens (tertiary/aromatic N) is 1. The molecule has 0 atom stereocenters. The monoisotopic (exact) mass is 431 g/mol. The highest BCUT2D eigenvalue weighted by Crippen LogP contribution is 2.30. The lowest BCUT2D eigenvalue weighted by Gasteiger charge is -2.12. The number of hydrogen-bond donors (Lipinski definition) is 0. The van der Waals surface area contributed by atoms with Crippen molar-refractivity contribution < 1.29 is 4.74 Å². The maximum Gasteiger partial charge on any atom is 0.120 e. The standard InChI is InChI=1S/C31H29NO/c1-22(2)25-14-12-24(13-15-25)21-33-29-17-16-27-19-32(20-28(27)18-29)31-11-7-10-30(23(31)3)26-8-5-4-6-9-26/h4-20,22H,21H2,1-3H3. The molecule has 0 N–H and O–H groups in total. The van der Waals surface area contributed by atoms with Crippen molar-refractivity contribution in [2.45, 2.75) is 33.3 Å². The topological polar surface area (TPSA) is 14.2 Å². The molecule has 2 heteroatoms. The fraction of sp³-hybridized carbons (Fsp3) is 0.161. The molecular formula is C31H29NO. The fourth-order valence-electron chi connectivity index (χ4n) is 4.35. The van der Waals surface area contributed by atoms with E-state index in [4.69, 9.17) is 4.74 Å². The average molecular weight is 432 g/mol. The Labute approximate surface area is 196 Å². The average Bonchev–Trinajstić information content (AvgIpc) is 3.27. The molecule has 5 aromatic rings. The van der Waals surface area contributed by atoms with Crippen molar-refractivity contribution in [1.29, 1.82) is 0 Å². The molecule has 0 saturated carbocycles. The van der Waals surface area contributed by atoms with Gasteiger partial charge in [-0.3, -0.25) is 0 Å². The van der Waals surface area contributed by atoms with Crippen LogP contribution in [-0.2, 0) is 6.61 Å². The van der Waals surface area contributed by atoms with E-state index in [9.17, 15) is 0 Å². The zero-order valence-corrected chi connectivity index (χ0v) is 19.5. The van der Waals surface area contributed by atoms with Crippen LogP contribution in [0.4, 0.5) is 0 Å². The lowest BCUT2D eigenvalue weighted by molar-refractivity contribution is 0.306. The molecule has 0 unspecified atom stereocenters. The van der Waals surface area contributed by atoms with E-state index in [-0.39, 0.29) is 0 Å². The molecule has 5 rings (SSSR count). The Hall–Kier alpha value is -3.78. The third-order valence-electron chi connectivity index (χ3n) is 6.33. The molecular weight excluding hydrogens is 402 g/mol. The summed E-state index contributed by atoms with van der Waals surface area (Å²) in [4.78, 5) is 0. The Morgan fingerprint density at radius 1 is 0.758 bits per heavy atom. The van der Waals surface area contributed by atoms with Gasteiger partial charge in [-0.15, -0.1) is 0 Å². The van der Waals surface area contributed by atoms with Crippen LogP contribution in [-0.4, -0.2) is 4.57 Å². The van der Waals surface area contributed by atoms with E-state index in [0.717, 1.165) is 5.75 Å². The van der Waals surface area contributed by atoms with Crippen molar-refractivity contribution in [3.05, 3.63) is 120 Å². The summed E-state index contributed by atoms with van der Waals surface area (Å²) in [6.45, 7) is 7.20. The smallest absolute Gasteiger partial charge is 0.120 e. The number of aromatic nitrogens is 1. The van der Waals surface area contributed by atoms with Crippen LogP contribution in [0.2, 0.25) is 0 Å². The van der Waals surface area contributed by atoms with Gasteiger partial charge in [0.15, 0.2) is 0 Å². The number of fused-ring (bicyclic) bond motifs is 1. The van der Waals surface area contributed by atoms with Crippen molar-refractivity contribution >= 4 is 10.8 Å². The number of benzene rings is 4. The van der Waals surface area contributed by atoms with Crippen molar-refractivity contribution in [3.8, 4) is 22.6 Å². The van der Waals surface area contributed by atoms with Crippen molar-refractivity contribution in [2.75, 3.05) is 0 Å². The van der Waals surface area contributed by atoms with Gasteiger partial charge < -0.3 is 9.30 Å². The molecule has 33 heavy (non-hydrogen) atoms. The molecule has 164 valence electrons. The van der Waals surface area contributed by atoms with E-state index in [1.54, 1.807) is 0 Å². The lowest BCUT2D eigenvalue weighted by atomic mass is 9.99. The van der Waals surface area contributed by atoms with Crippen molar-refractivity contribution in [1.82, 2.24) is 4.57 Å². The van der Waals surface area contributed by atoms with E-state index < -0.39 is 0 Å². The first-order valence-electron chi connectivity index (χ1n) is 11.6. The molecule has 0 amide bonds. The maximum absolute atomic E-state index is 6.11. The molecule has 1 heterocycles. The predicted molar refractivity (Wildman–Crippen MR) is 138 cm³/mol. The quantitative estimate of drug-likeness (QED) is 0.264. The second-order valence-corrected chi connectivity index (χ2v) is 8.96. The van der Waals surface area contributed by atoms with E-state index in [1.807, 2.05) is 0 Å². The minimum absolute atomic E-state index is 0.545. The zero-order valence-electron chi connectivity index (χ0n) is 19.5. The van der Waals surface area contributed by atoms with E-state index in [2.05, 4.69) is 129 Å². The van der Waals surface area contributed by atoms with Crippen LogP contribution in [0, 0.1) is 6.92 Å². The second kappa shape index (κ2) is 8.99. The Morgan fingerprint density at radius 2 is 1.52 bits per heavy atom. The lowest BCUT2D eigenvalue weighted by Crippen LogP contribution is -1.96. The summed E-state index contributed by atoms with van der Waals surface area (Å²) in [5.41, 5.74) is 7.51. The fourth-order valence-corrected chi connectivity index (χ4v) is 4.35. The minimum Gasteiger partial charge on any atom is -0.489 e. The number of hydrogen-bond acceptors (Lipinski definition) is 1. The molecule has 0 aliphatic heterocycles. The highest BCUT2D eigenvalue weighted by molar-refractivity contribution is 5.85. The van der Waals surface area contributed by atoms with Gasteiger partial charge in [-0.2, -0.15) is 0 Å². The van der Waals surface area contributed by atoms with Crippen LogP contribution in [0.5, 0.6) is 5.75 Å². The molecule has 1 aromatic heterocycles. The Balaban J connectivity index is 1.39. The Bertz CT molecular complexity index is 1380. The minimum atomic E-state index is 0.545. The second-order valence-electron chi connectivity index (χ2n) is 8.96. The van der Waals surface area contributed by atoms with Gasteiger partial charge in [0, 0.05) is 28.9 Å². The summed E-state index contributed by atoms with van der Waals surface area (Å²) in [5, 5.41) is 2.38. The van der Waals surface area contributed by atoms with Crippen LogP contribution >= 0.6 is 0 Å². The number of ether oxygens (including phenoxy) is 1. The summed E-state index contributed by atoms with van der Waals surface area (Å²) in [5.74, 6) is 1.44. The highest BCUT2D eigenvalue weighted by Gasteiger charge is 2.09. The maximum atomic E-state index is 6.11. The van der Waals surface area contributed by atoms with Gasteiger partial charge in [0.25, 0.3) is 0 Å². The number of rotatable bonds is 6. The van der Waals surface area contributed by atoms with Crippen molar-refractivity contribution in [3.63, 3.8) is 0 Å². The van der Waals surface area contributed by atoms with E-state index in [0.29, 0.717) is 12.5 Å². The molecule has 4 aromatic carbocycles. The first-order valence-corrected chi connectivity index (χ1v) is 11.6. The van der Waals surface area contributed by atoms with Gasteiger partial charge in [-0.05, 0) is 64.9 Å². The van der Waals surface area contributed by atoms with Gasteiger partial charge >= 0.3 is 0 Å². The van der Waals surface area contributed by atoms with Gasteiger partial charge in [-0.1, -0.05) is 80.6 Å². The third-order valence-corrected chi connectivity index (χ3v) is 6.33. The van der Waals surface area contributed by atoms with Gasteiger partial charge in [-0.25, -0.2) is 0 Å². The summed E-state index contributed by atoms with van der Waals surface area (Å²) >= 11 is 0. The molecule has 0 fully saturated rings. The van der Waals surface area contributed by atoms with Gasteiger partial charge in [0.2, 0.25) is 0 Å². The molecule has 0 radical (unpaired) electrons. The van der Waals surface area contributed by atoms with Gasteiger partial charge in [0.05, 0.1) is 0 Å². The molecule has 0 bridgehead atoms. The van der Waals surface area contributed by atoms with Crippen LogP contribution in [0.1, 0.15) is 36.5 Å². The normalized spacial score (nSPS) is 11.3. The Morgan fingerprint density at radius 3 is 2.27 bits per heavy atom. The van der Waals surface area contributed by atoms with Crippen molar-refractivity contribution in [2.24, 2.45) is 0 Å². The van der Waals surface area contributed by atoms with Crippen LogP contribution in [0.25, 0.3) is 27.6 Å². The summed E-state index contributed by atoms with van der Waals surface area (Å²) in [6, 6.07) is 32.1. The third kappa shape index (κ3) is 4.42. The summed E-state index contributed by atoms with van der Waals surface area (Å²) in [7, 11) is 0. The summed E-state index contributed by atoms with van der Waals surface area (Å²) < 4.78 is 8.33. The molecule has 0 aliphatic carbocycles.